The Kier molecular flexibility index (Phi) is 5.82. The normalized spacial score (nSPS) is 43.1. The summed E-state index contributed by atoms with van der Waals surface area (Å²) in [6, 6.07) is 0. The fraction of sp³-hybridized carbons (Fsp3) is 0.852. The fourth-order valence-corrected chi connectivity index (χ4v) is 7.93. The minimum Gasteiger partial charge on any atom is -0.393 e. The second kappa shape index (κ2) is 7.74. The number of hydrogen-bond donors (Lipinski definition) is 3. The van der Waals surface area contributed by atoms with Crippen molar-refractivity contribution in [2.45, 2.75) is 110 Å². The summed E-state index contributed by atoms with van der Waals surface area (Å²) in [5.41, 5.74) is 2.79. The van der Waals surface area contributed by atoms with Crippen LogP contribution in [0.15, 0.2) is 23.3 Å². The molecule has 4 aliphatic rings. The standard InChI is InChI=1S/C27H44O3/c1-17(6-11-24(29)25(2,3)30)21-9-10-22-20-8-7-18-16-19(28)12-14-26(18,4)23(20)13-15-27(21,22)5/h7-8,17,19,21-24,28-30H,6,9-16H2,1-5H3/t17-,19+,21-,22+,23+,24?,26+,27-/m1/s1. The molecule has 3 nitrogen and oxygen atoms in total. The predicted octanol–water partition coefficient (Wildman–Crippen LogP) is 5.39. The molecule has 0 radical (unpaired) electrons. The predicted molar refractivity (Wildman–Crippen MR) is 122 cm³/mol. The van der Waals surface area contributed by atoms with Gasteiger partial charge in [-0.2, -0.15) is 0 Å². The maximum absolute atomic E-state index is 10.3. The molecule has 4 aliphatic carbocycles. The van der Waals surface area contributed by atoms with Crippen molar-refractivity contribution in [3.8, 4) is 0 Å². The lowest BCUT2D eigenvalue weighted by Crippen LogP contribution is -2.46. The zero-order valence-corrected chi connectivity index (χ0v) is 19.8. The zero-order chi connectivity index (χ0) is 21.9. The first-order valence-corrected chi connectivity index (χ1v) is 12.5. The highest BCUT2D eigenvalue weighted by Crippen LogP contribution is 2.66. The minimum absolute atomic E-state index is 0.149. The molecule has 0 spiro atoms. The molecule has 3 heteroatoms. The second-order valence-electron chi connectivity index (χ2n) is 12.2. The van der Waals surface area contributed by atoms with Crippen LogP contribution in [0.3, 0.4) is 0 Å². The van der Waals surface area contributed by atoms with E-state index in [4.69, 9.17) is 0 Å². The maximum atomic E-state index is 10.3. The highest BCUT2D eigenvalue weighted by atomic mass is 16.3. The molecule has 1 unspecified atom stereocenters. The Bertz CT molecular complexity index is 716. The molecule has 0 aromatic rings. The number of aliphatic hydroxyl groups is 3. The molecule has 0 aromatic heterocycles. The number of hydrogen-bond acceptors (Lipinski definition) is 3. The van der Waals surface area contributed by atoms with Gasteiger partial charge in [-0.05, 0) is 106 Å². The van der Waals surface area contributed by atoms with E-state index in [1.807, 2.05) is 0 Å². The van der Waals surface area contributed by atoms with Crippen LogP contribution in [0.5, 0.6) is 0 Å². The quantitative estimate of drug-likeness (QED) is 0.563. The Morgan fingerprint density at radius 1 is 1.03 bits per heavy atom. The van der Waals surface area contributed by atoms with Crippen molar-refractivity contribution >= 4 is 0 Å². The van der Waals surface area contributed by atoms with E-state index in [1.54, 1.807) is 19.4 Å². The highest BCUT2D eigenvalue weighted by molar-refractivity contribution is 5.38. The third-order valence-electron chi connectivity index (χ3n) is 10.0. The topological polar surface area (TPSA) is 60.7 Å². The summed E-state index contributed by atoms with van der Waals surface area (Å²) in [5.74, 6) is 2.62. The third kappa shape index (κ3) is 3.63. The Balaban J connectivity index is 1.51. The molecule has 0 saturated heterocycles. The molecule has 4 rings (SSSR count). The van der Waals surface area contributed by atoms with Gasteiger partial charge in [-0.3, -0.25) is 0 Å². The van der Waals surface area contributed by atoms with Crippen molar-refractivity contribution < 1.29 is 15.3 Å². The Morgan fingerprint density at radius 2 is 1.77 bits per heavy atom. The van der Waals surface area contributed by atoms with Gasteiger partial charge in [0.25, 0.3) is 0 Å². The van der Waals surface area contributed by atoms with E-state index in [2.05, 4.69) is 32.9 Å². The van der Waals surface area contributed by atoms with E-state index in [-0.39, 0.29) is 11.5 Å². The molecule has 3 fully saturated rings. The first kappa shape index (κ1) is 22.6. The molecule has 3 saturated carbocycles. The number of rotatable bonds is 5. The molecular weight excluding hydrogens is 372 g/mol. The molecule has 0 bridgehead atoms. The Labute approximate surface area is 183 Å². The van der Waals surface area contributed by atoms with Crippen molar-refractivity contribution in [3.63, 3.8) is 0 Å². The largest absolute Gasteiger partial charge is 0.393 e. The van der Waals surface area contributed by atoms with Crippen LogP contribution in [0.4, 0.5) is 0 Å². The van der Waals surface area contributed by atoms with Crippen LogP contribution in [0.25, 0.3) is 0 Å². The van der Waals surface area contributed by atoms with E-state index in [0.29, 0.717) is 35.5 Å². The Hall–Kier alpha value is -0.640. The smallest absolute Gasteiger partial charge is 0.0849 e. The average Bonchev–Trinajstić information content (AvgIpc) is 3.03. The fourth-order valence-electron chi connectivity index (χ4n) is 7.93. The van der Waals surface area contributed by atoms with Gasteiger partial charge in [0, 0.05) is 0 Å². The van der Waals surface area contributed by atoms with Crippen LogP contribution in [0, 0.1) is 34.5 Å². The van der Waals surface area contributed by atoms with Crippen LogP contribution in [0.1, 0.15) is 92.4 Å². The minimum atomic E-state index is -1.01. The second-order valence-corrected chi connectivity index (χ2v) is 12.2. The summed E-state index contributed by atoms with van der Waals surface area (Å²) in [6.45, 7) is 10.8. The molecule has 170 valence electrons. The molecule has 0 amide bonds. The highest BCUT2D eigenvalue weighted by Gasteiger charge is 2.56. The van der Waals surface area contributed by atoms with Gasteiger partial charge in [0.2, 0.25) is 0 Å². The van der Waals surface area contributed by atoms with Gasteiger partial charge in [-0.1, -0.05) is 44.1 Å². The van der Waals surface area contributed by atoms with Crippen LogP contribution >= 0.6 is 0 Å². The van der Waals surface area contributed by atoms with Crippen molar-refractivity contribution in [2.75, 3.05) is 0 Å². The molecule has 3 N–H and O–H groups in total. The summed E-state index contributed by atoms with van der Waals surface area (Å²) in [5, 5.41) is 30.6. The monoisotopic (exact) mass is 416 g/mol. The van der Waals surface area contributed by atoms with Crippen LogP contribution in [0.2, 0.25) is 0 Å². The maximum Gasteiger partial charge on any atom is 0.0849 e. The van der Waals surface area contributed by atoms with E-state index >= 15 is 0 Å². The van der Waals surface area contributed by atoms with Gasteiger partial charge < -0.3 is 15.3 Å². The summed E-state index contributed by atoms with van der Waals surface area (Å²) < 4.78 is 0. The van der Waals surface area contributed by atoms with Crippen LogP contribution < -0.4 is 0 Å². The molecule has 8 atom stereocenters. The van der Waals surface area contributed by atoms with Gasteiger partial charge >= 0.3 is 0 Å². The van der Waals surface area contributed by atoms with E-state index < -0.39 is 11.7 Å². The van der Waals surface area contributed by atoms with E-state index in [0.717, 1.165) is 25.7 Å². The SMILES string of the molecule is C[C@H](CCC(O)C(C)(C)O)[C@H]1CC[C@H]2C3=CC=C4C[C@@H](O)CC[C@]4(C)[C@H]3CC[C@]12C. The van der Waals surface area contributed by atoms with Crippen molar-refractivity contribution in [2.24, 2.45) is 34.5 Å². The van der Waals surface area contributed by atoms with E-state index in [1.165, 1.54) is 31.3 Å². The van der Waals surface area contributed by atoms with Crippen molar-refractivity contribution in [3.05, 3.63) is 23.3 Å². The average molecular weight is 417 g/mol. The summed E-state index contributed by atoms with van der Waals surface area (Å²) in [6.07, 6.45) is 13.8. The van der Waals surface area contributed by atoms with Crippen molar-refractivity contribution in [1.29, 1.82) is 0 Å². The van der Waals surface area contributed by atoms with Gasteiger partial charge in [0.1, 0.15) is 0 Å². The first-order chi connectivity index (χ1) is 14.0. The summed E-state index contributed by atoms with van der Waals surface area (Å²) >= 11 is 0. The van der Waals surface area contributed by atoms with Crippen LogP contribution in [-0.4, -0.2) is 33.1 Å². The number of fused-ring (bicyclic) bond motifs is 5. The lowest BCUT2D eigenvalue weighted by Gasteiger charge is -2.55. The lowest BCUT2D eigenvalue weighted by molar-refractivity contribution is -0.0557. The van der Waals surface area contributed by atoms with Gasteiger partial charge in [0.05, 0.1) is 17.8 Å². The summed E-state index contributed by atoms with van der Waals surface area (Å²) in [4.78, 5) is 0. The number of allylic oxidation sites excluding steroid dienone is 3. The molecule has 30 heavy (non-hydrogen) atoms. The third-order valence-corrected chi connectivity index (χ3v) is 10.0. The Morgan fingerprint density at radius 3 is 2.47 bits per heavy atom. The lowest BCUT2D eigenvalue weighted by atomic mass is 9.50. The van der Waals surface area contributed by atoms with E-state index in [9.17, 15) is 15.3 Å². The number of aliphatic hydroxyl groups excluding tert-OH is 2. The first-order valence-electron chi connectivity index (χ1n) is 12.5. The molecule has 0 aliphatic heterocycles. The van der Waals surface area contributed by atoms with Gasteiger partial charge in [0.15, 0.2) is 0 Å². The van der Waals surface area contributed by atoms with Crippen molar-refractivity contribution in [1.82, 2.24) is 0 Å². The van der Waals surface area contributed by atoms with Gasteiger partial charge in [-0.25, -0.2) is 0 Å². The molecule has 0 heterocycles. The molecule has 0 aromatic carbocycles. The summed E-state index contributed by atoms with van der Waals surface area (Å²) in [7, 11) is 0. The van der Waals surface area contributed by atoms with Crippen LogP contribution in [-0.2, 0) is 0 Å². The van der Waals surface area contributed by atoms with Gasteiger partial charge in [-0.15, -0.1) is 0 Å². The zero-order valence-electron chi connectivity index (χ0n) is 19.8. The molecular formula is C27H44O3.